The van der Waals surface area contributed by atoms with Crippen LogP contribution >= 0.6 is 0 Å². The lowest BCUT2D eigenvalue weighted by molar-refractivity contribution is 0.0883. The highest BCUT2D eigenvalue weighted by atomic mass is 16.2. The standard InChI is InChI=1S/C14H23N3O/c1-5-14(6-2,7-3)17-13(18)12-9-8-11(15-4)10-16-12/h8-10,15H,5-7H2,1-4H3,(H,17,18). The molecule has 0 saturated heterocycles. The average molecular weight is 249 g/mol. The van der Waals surface area contributed by atoms with Gasteiger partial charge in [-0.2, -0.15) is 0 Å². The number of pyridine rings is 1. The molecule has 0 radical (unpaired) electrons. The Balaban J connectivity index is 2.80. The van der Waals surface area contributed by atoms with Crippen LogP contribution in [0.25, 0.3) is 0 Å². The summed E-state index contributed by atoms with van der Waals surface area (Å²) < 4.78 is 0. The Kier molecular flexibility index (Phi) is 5.13. The number of rotatable bonds is 6. The van der Waals surface area contributed by atoms with Crippen molar-refractivity contribution in [2.24, 2.45) is 0 Å². The summed E-state index contributed by atoms with van der Waals surface area (Å²) in [5.41, 5.74) is 1.26. The van der Waals surface area contributed by atoms with Crippen LogP contribution in [0.3, 0.4) is 0 Å². The smallest absolute Gasteiger partial charge is 0.270 e. The molecule has 0 aliphatic carbocycles. The molecule has 0 unspecified atom stereocenters. The van der Waals surface area contributed by atoms with Gasteiger partial charge in [-0.3, -0.25) is 4.79 Å². The number of nitrogens with zero attached hydrogens (tertiary/aromatic N) is 1. The van der Waals surface area contributed by atoms with Gasteiger partial charge in [-0.15, -0.1) is 0 Å². The van der Waals surface area contributed by atoms with E-state index >= 15 is 0 Å². The molecule has 2 N–H and O–H groups in total. The molecule has 1 amide bonds. The van der Waals surface area contributed by atoms with E-state index in [9.17, 15) is 4.79 Å². The van der Waals surface area contributed by atoms with Crippen molar-refractivity contribution >= 4 is 11.6 Å². The first-order valence-corrected chi connectivity index (χ1v) is 6.57. The Morgan fingerprint density at radius 3 is 2.22 bits per heavy atom. The van der Waals surface area contributed by atoms with Crippen LogP contribution in [0.2, 0.25) is 0 Å². The van der Waals surface area contributed by atoms with Gasteiger partial charge in [0.2, 0.25) is 0 Å². The van der Waals surface area contributed by atoms with Gasteiger partial charge >= 0.3 is 0 Å². The molecule has 0 aromatic carbocycles. The molecule has 4 nitrogen and oxygen atoms in total. The zero-order valence-electron chi connectivity index (χ0n) is 11.7. The van der Waals surface area contributed by atoms with Gasteiger partial charge in [-0.05, 0) is 31.4 Å². The summed E-state index contributed by atoms with van der Waals surface area (Å²) in [7, 11) is 1.83. The lowest BCUT2D eigenvalue weighted by Crippen LogP contribution is -2.47. The van der Waals surface area contributed by atoms with Gasteiger partial charge in [0.05, 0.1) is 11.9 Å². The van der Waals surface area contributed by atoms with Crippen LogP contribution < -0.4 is 10.6 Å². The Labute approximate surface area is 109 Å². The summed E-state index contributed by atoms with van der Waals surface area (Å²) in [4.78, 5) is 16.3. The first kappa shape index (κ1) is 14.5. The number of anilines is 1. The topological polar surface area (TPSA) is 54.0 Å². The van der Waals surface area contributed by atoms with Crippen molar-refractivity contribution in [3.63, 3.8) is 0 Å². The molecular weight excluding hydrogens is 226 g/mol. The molecule has 0 atom stereocenters. The molecule has 0 bridgehead atoms. The zero-order valence-corrected chi connectivity index (χ0v) is 11.7. The molecule has 100 valence electrons. The lowest BCUT2D eigenvalue weighted by atomic mass is 9.89. The fraction of sp³-hybridized carbons (Fsp3) is 0.571. The van der Waals surface area contributed by atoms with Crippen molar-refractivity contribution in [3.05, 3.63) is 24.0 Å². The molecule has 0 aliphatic rings. The van der Waals surface area contributed by atoms with Gasteiger partial charge in [0.15, 0.2) is 0 Å². The largest absolute Gasteiger partial charge is 0.387 e. The maximum atomic E-state index is 12.1. The van der Waals surface area contributed by atoms with Crippen LogP contribution in [-0.4, -0.2) is 23.5 Å². The minimum absolute atomic E-state index is 0.0943. The second-order valence-electron chi connectivity index (χ2n) is 4.48. The van der Waals surface area contributed by atoms with Gasteiger partial charge in [-0.25, -0.2) is 4.98 Å². The highest BCUT2D eigenvalue weighted by molar-refractivity contribution is 5.93. The first-order valence-electron chi connectivity index (χ1n) is 6.57. The van der Waals surface area contributed by atoms with Crippen LogP contribution in [0.5, 0.6) is 0 Å². The zero-order chi connectivity index (χ0) is 13.6. The maximum Gasteiger partial charge on any atom is 0.270 e. The molecule has 1 aromatic heterocycles. The monoisotopic (exact) mass is 249 g/mol. The van der Waals surface area contributed by atoms with Gasteiger partial charge in [0.1, 0.15) is 5.69 Å². The van der Waals surface area contributed by atoms with Crippen molar-refractivity contribution < 1.29 is 4.79 Å². The van der Waals surface area contributed by atoms with Gasteiger partial charge in [0.25, 0.3) is 5.91 Å². The van der Waals surface area contributed by atoms with Crippen molar-refractivity contribution in [2.45, 2.75) is 45.6 Å². The van der Waals surface area contributed by atoms with E-state index in [2.05, 4.69) is 36.4 Å². The number of nitrogens with one attached hydrogen (secondary N) is 2. The number of aromatic nitrogens is 1. The van der Waals surface area contributed by atoms with E-state index in [1.54, 1.807) is 12.3 Å². The molecular formula is C14H23N3O. The molecule has 0 aliphatic heterocycles. The minimum Gasteiger partial charge on any atom is -0.387 e. The second kappa shape index (κ2) is 6.38. The highest BCUT2D eigenvalue weighted by Crippen LogP contribution is 2.19. The number of amides is 1. The second-order valence-corrected chi connectivity index (χ2v) is 4.48. The molecule has 1 heterocycles. The van der Waals surface area contributed by atoms with Crippen LogP contribution in [0, 0.1) is 0 Å². The Bertz CT molecular complexity index is 374. The van der Waals surface area contributed by atoms with E-state index in [0.717, 1.165) is 24.9 Å². The summed E-state index contributed by atoms with van der Waals surface area (Å²) in [5.74, 6) is -0.0943. The third-order valence-corrected chi connectivity index (χ3v) is 3.69. The molecule has 0 saturated carbocycles. The van der Waals surface area contributed by atoms with Gasteiger partial charge in [0, 0.05) is 12.6 Å². The Morgan fingerprint density at radius 2 is 1.83 bits per heavy atom. The quantitative estimate of drug-likeness (QED) is 0.815. The fourth-order valence-corrected chi connectivity index (χ4v) is 2.00. The Hall–Kier alpha value is -1.58. The molecule has 18 heavy (non-hydrogen) atoms. The van der Waals surface area contributed by atoms with Gasteiger partial charge < -0.3 is 10.6 Å². The summed E-state index contributed by atoms with van der Waals surface area (Å²) in [6, 6.07) is 3.60. The third kappa shape index (κ3) is 3.22. The van der Waals surface area contributed by atoms with E-state index in [1.807, 2.05) is 13.1 Å². The predicted octanol–water partition coefficient (Wildman–Crippen LogP) is 2.82. The SMILES string of the molecule is CCC(CC)(CC)NC(=O)c1ccc(NC)cn1. The van der Waals surface area contributed by atoms with Gasteiger partial charge in [-0.1, -0.05) is 20.8 Å². The van der Waals surface area contributed by atoms with Crippen molar-refractivity contribution in [1.82, 2.24) is 10.3 Å². The number of carbonyl (C=O) groups excluding carboxylic acids is 1. The predicted molar refractivity (Wildman–Crippen MR) is 74.9 cm³/mol. The van der Waals surface area contributed by atoms with Crippen LogP contribution in [0.15, 0.2) is 18.3 Å². The Morgan fingerprint density at radius 1 is 1.22 bits per heavy atom. The average Bonchev–Trinajstić information content (AvgIpc) is 2.45. The summed E-state index contributed by atoms with van der Waals surface area (Å²) in [6.07, 6.45) is 4.46. The molecule has 1 aromatic rings. The molecule has 4 heteroatoms. The van der Waals surface area contributed by atoms with E-state index in [1.165, 1.54) is 0 Å². The number of hydrogen-bond donors (Lipinski definition) is 2. The van der Waals surface area contributed by atoms with E-state index in [0.29, 0.717) is 5.69 Å². The van der Waals surface area contributed by atoms with Crippen LogP contribution in [-0.2, 0) is 0 Å². The highest BCUT2D eigenvalue weighted by Gasteiger charge is 2.26. The lowest BCUT2D eigenvalue weighted by Gasteiger charge is -2.31. The normalized spacial score (nSPS) is 11.1. The summed E-state index contributed by atoms with van der Waals surface area (Å²) in [6.45, 7) is 6.31. The van der Waals surface area contributed by atoms with Crippen molar-refractivity contribution in [1.29, 1.82) is 0 Å². The first-order chi connectivity index (χ1) is 8.60. The van der Waals surface area contributed by atoms with Crippen LogP contribution in [0.4, 0.5) is 5.69 Å². The van der Waals surface area contributed by atoms with Crippen molar-refractivity contribution in [3.8, 4) is 0 Å². The number of hydrogen-bond acceptors (Lipinski definition) is 3. The van der Waals surface area contributed by atoms with Crippen molar-refractivity contribution in [2.75, 3.05) is 12.4 Å². The minimum atomic E-state index is -0.111. The van der Waals surface area contributed by atoms with Crippen LogP contribution in [0.1, 0.15) is 50.5 Å². The molecule has 0 spiro atoms. The van der Waals surface area contributed by atoms with E-state index < -0.39 is 0 Å². The summed E-state index contributed by atoms with van der Waals surface area (Å²) >= 11 is 0. The maximum absolute atomic E-state index is 12.1. The number of carbonyl (C=O) groups is 1. The van der Waals surface area contributed by atoms with E-state index in [-0.39, 0.29) is 11.4 Å². The fourth-order valence-electron chi connectivity index (χ4n) is 2.00. The third-order valence-electron chi connectivity index (χ3n) is 3.69. The molecule has 1 rings (SSSR count). The molecule has 0 fully saturated rings. The summed E-state index contributed by atoms with van der Waals surface area (Å²) in [5, 5.41) is 6.09. The van der Waals surface area contributed by atoms with E-state index in [4.69, 9.17) is 0 Å².